The van der Waals surface area contributed by atoms with Crippen molar-refractivity contribution in [2.24, 2.45) is 5.92 Å². The van der Waals surface area contributed by atoms with E-state index in [4.69, 9.17) is 9.15 Å². The Kier molecular flexibility index (Phi) is 4.79. The first-order valence-corrected chi connectivity index (χ1v) is 10.3. The van der Waals surface area contributed by atoms with Crippen molar-refractivity contribution in [1.82, 2.24) is 4.98 Å². The zero-order valence-corrected chi connectivity index (χ0v) is 16.5. The summed E-state index contributed by atoms with van der Waals surface area (Å²) in [5, 5.41) is 1.76. The average Bonchev–Trinajstić information content (AvgIpc) is 2.79. The zero-order valence-electron chi connectivity index (χ0n) is 16.5. The number of nitrogens with zero attached hydrogens (tertiary/aromatic N) is 1. The summed E-state index contributed by atoms with van der Waals surface area (Å²) >= 11 is 0. The lowest BCUT2D eigenvalue weighted by molar-refractivity contribution is -0.139. The molecule has 0 aliphatic heterocycles. The van der Waals surface area contributed by atoms with Gasteiger partial charge in [-0.05, 0) is 43.2 Å². The molecule has 5 nitrogen and oxygen atoms in total. The first-order chi connectivity index (χ1) is 14.7. The molecular weight excluding hydrogens is 378 g/mol. The molecule has 0 atom stereocenters. The fraction of sp³-hybridized carbons (Fsp3) is 0.240. The third kappa shape index (κ3) is 3.59. The van der Waals surface area contributed by atoms with Crippen LogP contribution in [0.4, 0.5) is 0 Å². The Morgan fingerprint density at radius 1 is 0.933 bits per heavy atom. The summed E-state index contributed by atoms with van der Waals surface area (Å²) in [5.74, 6) is 0.161. The van der Waals surface area contributed by atoms with E-state index in [1.54, 1.807) is 24.3 Å². The molecule has 4 aromatic rings. The molecule has 2 aromatic heterocycles. The molecule has 5 rings (SSSR count). The number of benzene rings is 2. The fourth-order valence-corrected chi connectivity index (χ4v) is 4.09. The van der Waals surface area contributed by atoms with E-state index in [1.807, 2.05) is 36.4 Å². The average molecular weight is 399 g/mol. The standard InChI is InChI=1S/C25H21NO4/c27-24(17-7-2-1-3-8-17)29-19-12-10-18-14-20(25(28)30-23(18)15-19)22-13-11-16-6-4-5-9-21(16)26-22/h4-6,9-15,17H,1-3,7-8H2. The van der Waals surface area contributed by atoms with Gasteiger partial charge in [-0.15, -0.1) is 0 Å². The van der Waals surface area contributed by atoms with E-state index in [-0.39, 0.29) is 11.9 Å². The van der Waals surface area contributed by atoms with Gasteiger partial charge < -0.3 is 9.15 Å². The molecule has 30 heavy (non-hydrogen) atoms. The Balaban J connectivity index is 1.46. The predicted molar refractivity (Wildman–Crippen MR) is 115 cm³/mol. The van der Waals surface area contributed by atoms with E-state index in [0.717, 1.165) is 42.0 Å². The number of rotatable bonds is 3. The van der Waals surface area contributed by atoms with Crippen molar-refractivity contribution in [3.63, 3.8) is 0 Å². The molecule has 1 fully saturated rings. The van der Waals surface area contributed by atoms with Crippen molar-refractivity contribution in [3.8, 4) is 17.0 Å². The van der Waals surface area contributed by atoms with Crippen molar-refractivity contribution >= 4 is 27.8 Å². The minimum atomic E-state index is -0.471. The third-order valence-corrected chi connectivity index (χ3v) is 5.74. The maximum absolute atomic E-state index is 12.6. The lowest BCUT2D eigenvalue weighted by Crippen LogP contribution is -2.22. The maximum atomic E-state index is 12.6. The number of para-hydroxylation sites is 1. The van der Waals surface area contributed by atoms with Crippen LogP contribution in [0.5, 0.6) is 5.75 Å². The summed E-state index contributed by atoms with van der Waals surface area (Å²) in [5.41, 5.74) is 1.70. The molecule has 0 amide bonds. The molecular formula is C25H21NO4. The highest BCUT2D eigenvalue weighted by atomic mass is 16.5. The summed E-state index contributed by atoms with van der Waals surface area (Å²) in [6.45, 7) is 0. The van der Waals surface area contributed by atoms with Gasteiger partial charge in [0.25, 0.3) is 0 Å². The second-order valence-corrected chi connectivity index (χ2v) is 7.79. The molecule has 2 aromatic carbocycles. The van der Waals surface area contributed by atoms with Gasteiger partial charge in [-0.2, -0.15) is 0 Å². The van der Waals surface area contributed by atoms with Crippen molar-refractivity contribution in [1.29, 1.82) is 0 Å². The summed E-state index contributed by atoms with van der Waals surface area (Å²) in [6, 6.07) is 18.4. The number of ether oxygens (including phenoxy) is 1. The summed E-state index contributed by atoms with van der Waals surface area (Å²) in [4.78, 5) is 29.6. The van der Waals surface area contributed by atoms with Crippen LogP contribution in [0.3, 0.4) is 0 Å². The van der Waals surface area contributed by atoms with Crippen LogP contribution in [0.2, 0.25) is 0 Å². The maximum Gasteiger partial charge on any atom is 0.345 e. The van der Waals surface area contributed by atoms with Crippen LogP contribution in [0.15, 0.2) is 69.9 Å². The number of fused-ring (bicyclic) bond motifs is 2. The highest BCUT2D eigenvalue weighted by Gasteiger charge is 2.23. The largest absolute Gasteiger partial charge is 0.426 e. The van der Waals surface area contributed by atoms with Crippen LogP contribution in [0, 0.1) is 5.92 Å². The minimum Gasteiger partial charge on any atom is -0.426 e. The van der Waals surface area contributed by atoms with E-state index in [1.165, 1.54) is 6.42 Å². The number of carbonyl (C=O) groups is 1. The summed E-state index contributed by atoms with van der Waals surface area (Å²) in [6.07, 6.45) is 5.07. The van der Waals surface area contributed by atoms with E-state index >= 15 is 0 Å². The Morgan fingerprint density at radius 2 is 1.73 bits per heavy atom. The fourth-order valence-electron chi connectivity index (χ4n) is 4.09. The molecule has 0 spiro atoms. The second-order valence-electron chi connectivity index (χ2n) is 7.79. The predicted octanol–water partition coefficient (Wildman–Crippen LogP) is 5.49. The molecule has 0 saturated heterocycles. The van der Waals surface area contributed by atoms with Crippen LogP contribution in [0.25, 0.3) is 33.1 Å². The van der Waals surface area contributed by atoms with Gasteiger partial charge >= 0.3 is 11.6 Å². The Morgan fingerprint density at radius 3 is 2.60 bits per heavy atom. The number of carbonyl (C=O) groups excluding carboxylic acids is 1. The van der Waals surface area contributed by atoms with Crippen LogP contribution in [-0.2, 0) is 4.79 Å². The van der Waals surface area contributed by atoms with Crippen LogP contribution < -0.4 is 10.4 Å². The number of aromatic nitrogens is 1. The highest BCUT2D eigenvalue weighted by Crippen LogP contribution is 2.28. The van der Waals surface area contributed by atoms with Crippen molar-refractivity contribution in [2.45, 2.75) is 32.1 Å². The molecule has 0 unspecified atom stereocenters. The van der Waals surface area contributed by atoms with Crippen molar-refractivity contribution in [3.05, 3.63) is 71.1 Å². The topological polar surface area (TPSA) is 69.4 Å². The van der Waals surface area contributed by atoms with Gasteiger partial charge in [-0.1, -0.05) is 43.5 Å². The Bertz CT molecular complexity index is 1300. The van der Waals surface area contributed by atoms with Crippen LogP contribution in [0.1, 0.15) is 32.1 Å². The van der Waals surface area contributed by atoms with Gasteiger partial charge in [-0.3, -0.25) is 4.79 Å². The highest BCUT2D eigenvalue weighted by molar-refractivity contribution is 5.85. The number of hydrogen-bond acceptors (Lipinski definition) is 5. The van der Waals surface area contributed by atoms with Crippen LogP contribution in [-0.4, -0.2) is 11.0 Å². The molecule has 1 aliphatic rings. The molecule has 1 saturated carbocycles. The number of pyridine rings is 1. The smallest absolute Gasteiger partial charge is 0.345 e. The van der Waals surface area contributed by atoms with E-state index in [9.17, 15) is 9.59 Å². The van der Waals surface area contributed by atoms with E-state index in [2.05, 4.69) is 4.98 Å². The molecule has 0 N–H and O–H groups in total. The molecule has 0 bridgehead atoms. The van der Waals surface area contributed by atoms with Crippen molar-refractivity contribution < 1.29 is 13.9 Å². The van der Waals surface area contributed by atoms with Crippen molar-refractivity contribution in [2.75, 3.05) is 0 Å². The van der Waals surface area contributed by atoms with Gasteiger partial charge in [0.05, 0.1) is 22.7 Å². The molecule has 5 heteroatoms. The van der Waals surface area contributed by atoms with Gasteiger partial charge in [-0.25, -0.2) is 9.78 Å². The van der Waals surface area contributed by atoms with Gasteiger partial charge in [0.1, 0.15) is 11.3 Å². The normalized spacial score (nSPS) is 14.8. The quantitative estimate of drug-likeness (QED) is 0.259. The van der Waals surface area contributed by atoms with Crippen LogP contribution >= 0.6 is 0 Å². The lowest BCUT2D eigenvalue weighted by atomic mass is 9.89. The Labute approximate surface area is 173 Å². The number of esters is 1. The lowest BCUT2D eigenvalue weighted by Gasteiger charge is -2.19. The van der Waals surface area contributed by atoms with Gasteiger partial charge in [0, 0.05) is 16.8 Å². The second kappa shape index (κ2) is 7.75. The summed E-state index contributed by atoms with van der Waals surface area (Å²) in [7, 11) is 0. The minimum absolute atomic E-state index is 0.0391. The zero-order chi connectivity index (χ0) is 20.5. The molecule has 2 heterocycles. The molecule has 1 aliphatic carbocycles. The van der Waals surface area contributed by atoms with E-state index in [0.29, 0.717) is 22.6 Å². The molecule has 0 radical (unpaired) electrons. The van der Waals surface area contributed by atoms with E-state index < -0.39 is 5.63 Å². The first kappa shape index (κ1) is 18.6. The SMILES string of the molecule is O=C(Oc1ccc2cc(-c3ccc4ccccc4n3)c(=O)oc2c1)C1CCCCC1. The third-order valence-electron chi connectivity index (χ3n) is 5.74. The molecule has 150 valence electrons. The Hall–Kier alpha value is -3.47. The summed E-state index contributed by atoms with van der Waals surface area (Å²) < 4.78 is 11.1. The van der Waals surface area contributed by atoms with Gasteiger partial charge in [0.2, 0.25) is 0 Å². The number of hydrogen-bond donors (Lipinski definition) is 0. The monoisotopic (exact) mass is 399 g/mol. The van der Waals surface area contributed by atoms with Gasteiger partial charge in [0.15, 0.2) is 0 Å². The first-order valence-electron chi connectivity index (χ1n) is 10.3.